The monoisotopic (exact) mass is 275 g/mol. The maximum absolute atomic E-state index is 6.24. The van der Waals surface area contributed by atoms with Gasteiger partial charge < -0.3 is 4.84 Å². The third-order valence-corrected chi connectivity index (χ3v) is 2.80. The van der Waals surface area contributed by atoms with E-state index in [-0.39, 0.29) is 5.54 Å². The molecule has 1 N–H and O–H groups in total. The molecule has 2 rings (SSSR count). The molecule has 0 amide bonds. The second-order valence-electron chi connectivity index (χ2n) is 5.47. The molecule has 0 heterocycles. The molecule has 2 nitrogen and oxygen atoms in total. The van der Waals surface area contributed by atoms with Crippen LogP contribution < -0.4 is 10.3 Å². The molecule has 0 radical (unpaired) electrons. The highest BCUT2D eigenvalue weighted by Gasteiger charge is 2.11. The van der Waals surface area contributed by atoms with Crippen molar-refractivity contribution in [1.29, 1.82) is 0 Å². The van der Waals surface area contributed by atoms with Gasteiger partial charge in [-0.3, -0.25) is 0 Å². The van der Waals surface area contributed by atoms with Crippen LogP contribution in [-0.4, -0.2) is 5.54 Å². The van der Waals surface area contributed by atoms with E-state index in [2.05, 4.69) is 17.6 Å². The summed E-state index contributed by atoms with van der Waals surface area (Å²) in [6, 6.07) is 15.9. The van der Waals surface area contributed by atoms with Crippen molar-refractivity contribution in [2.45, 2.75) is 26.3 Å². The van der Waals surface area contributed by atoms with E-state index in [1.807, 2.05) is 57.2 Å². The van der Waals surface area contributed by atoms with Gasteiger partial charge in [-0.25, -0.2) is 0 Å². The molecule has 0 atom stereocenters. The van der Waals surface area contributed by atoms with Crippen LogP contribution in [0.15, 0.2) is 48.5 Å². The molecule has 100 valence electrons. The predicted octanol–water partition coefficient (Wildman–Crippen LogP) is 4.69. The standard InChI is InChI=1S/C16H18ClNO/c1-16(2,3)18-19-15-10-9-13(11-14(15)17)12-7-5-4-6-8-12/h4-11,18H,1-3H3. The zero-order valence-corrected chi connectivity index (χ0v) is 12.2. The van der Waals surface area contributed by atoms with Gasteiger partial charge in [-0.15, -0.1) is 0 Å². The zero-order valence-electron chi connectivity index (χ0n) is 11.4. The quantitative estimate of drug-likeness (QED) is 0.821. The Morgan fingerprint density at radius 2 is 1.63 bits per heavy atom. The fourth-order valence-electron chi connectivity index (χ4n) is 1.60. The van der Waals surface area contributed by atoms with Crippen molar-refractivity contribution < 1.29 is 4.84 Å². The number of nitrogens with one attached hydrogen (secondary N) is 1. The van der Waals surface area contributed by atoms with E-state index in [9.17, 15) is 0 Å². The van der Waals surface area contributed by atoms with Crippen molar-refractivity contribution in [2.24, 2.45) is 0 Å². The minimum Gasteiger partial charge on any atom is -0.407 e. The van der Waals surface area contributed by atoms with Crippen molar-refractivity contribution in [3.05, 3.63) is 53.6 Å². The van der Waals surface area contributed by atoms with Crippen LogP contribution in [0.1, 0.15) is 20.8 Å². The Labute approximate surface area is 119 Å². The third kappa shape index (κ3) is 3.98. The first-order chi connectivity index (χ1) is 8.96. The summed E-state index contributed by atoms with van der Waals surface area (Å²) in [6.45, 7) is 6.08. The minimum atomic E-state index is -0.124. The lowest BCUT2D eigenvalue weighted by Gasteiger charge is -2.20. The summed E-state index contributed by atoms with van der Waals surface area (Å²) in [5.74, 6) is 0.635. The number of hydrogen-bond donors (Lipinski definition) is 1. The molecule has 0 unspecified atom stereocenters. The molecule has 0 bridgehead atoms. The van der Waals surface area contributed by atoms with Gasteiger partial charge >= 0.3 is 0 Å². The highest BCUT2D eigenvalue weighted by Crippen LogP contribution is 2.30. The Morgan fingerprint density at radius 3 is 2.21 bits per heavy atom. The zero-order chi connectivity index (χ0) is 13.9. The molecule has 0 aliphatic rings. The summed E-state index contributed by atoms with van der Waals surface area (Å²) in [7, 11) is 0. The first-order valence-electron chi connectivity index (χ1n) is 6.25. The normalized spacial score (nSPS) is 11.4. The predicted molar refractivity (Wildman–Crippen MR) is 80.4 cm³/mol. The van der Waals surface area contributed by atoms with Gasteiger partial charge in [0.1, 0.15) is 0 Å². The van der Waals surface area contributed by atoms with E-state index < -0.39 is 0 Å². The summed E-state index contributed by atoms with van der Waals surface area (Å²) in [4.78, 5) is 5.51. The first kappa shape index (κ1) is 13.9. The van der Waals surface area contributed by atoms with Gasteiger partial charge in [0.2, 0.25) is 0 Å². The van der Waals surface area contributed by atoms with E-state index in [0.717, 1.165) is 11.1 Å². The molecule has 0 spiro atoms. The molecule has 0 aliphatic heterocycles. The molecule has 0 aromatic heterocycles. The lowest BCUT2D eigenvalue weighted by atomic mass is 10.1. The van der Waals surface area contributed by atoms with E-state index in [1.165, 1.54) is 0 Å². The van der Waals surface area contributed by atoms with Crippen molar-refractivity contribution in [3.8, 4) is 16.9 Å². The Balaban J connectivity index is 2.18. The highest BCUT2D eigenvalue weighted by atomic mass is 35.5. The van der Waals surface area contributed by atoms with Crippen LogP contribution in [0.25, 0.3) is 11.1 Å². The molecular weight excluding hydrogens is 258 g/mol. The Bertz CT molecular complexity index is 546. The van der Waals surface area contributed by atoms with Gasteiger partial charge in [0, 0.05) is 5.54 Å². The van der Waals surface area contributed by atoms with Crippen LogP contribution in [0.4, 0.5) is 0 Å². The molecule has 19 heavy (non-hydrogen) atoms. The fourth-order valence-corrected chi connectivity index (χ4v) is 1.82. The van der Waals surface area contributed by atoms with Gasteiger partial charge in [-0.1, -0.05) is 48.0 Å². The highest BCUT2D eigenvalue weighted by molar-refractivity contribution is 6.32. The van der Waals surface area contributed by atoms with Gasteiger partial charge in [-0.2, -0.15) is 5.48 Å². The molecule has 0 saturated carbocycles. The van der Waals surface area contributed by atoms with Crippen LogP contribution in [0.5, 0.6) is 5.75 Å². The minimum absolute atomic E-state index is 0.124. The second-order valence-corrected chi connectivity index (χ2v) is 5.87. The molecule has 3 heteroatoms. The Hall–Kier alpha value is -1.51. The number of benzene rings is 2. The van der Waals surface area contributed by atoms with Crippen LogP contribution in [0.3, 0.4) is 0 Å². The van der Waals surface area contributed by atoms with Gasteiger partial charge in [0.25, 0.3) is 0 Å². The maximum Gasteiger partial charge on any atom is 0.165 e. The largest absolute Gasteiger partial charge is 0.407 e. The van der Waals surface area contributed by atoms with Crippen molar-refractivity contribution in [3.63, 3.8) is 0 Å². The SMILES string of the molecule is CC(C)(C)NOc1ccc(-c2ccccc2)cc1Cl. The molecule has 2 aromatic carbocycles. The van der Waals surface area contributed by atoms with Crippen LogP contribution >= 0.6 is 11.6 Å². The summed E-state index contributed by atoms with van der Waals surface area (Å²) >= 11 is 6.24. The topological polar surface area (TPSA) is 21.3 Å². The number of halogens is 1. The number of hydrogen-bond acceptors (Lipinski definition) is 2. The molecule has 2 aromatic rings. The average Bonchev–Trinajstić information content (AvgIpc) is 2.37. The van der Waals surface area contributed by atoms with Gasteiger partial charge in [-0.05, 0) is 44.0 Å². The number of rotatable bonds is 3. The average molecular weight is 276 g/mol. The maximum atomic E-state index is 6.24. The van der Waals surface area contributed by atoms with Crippen molar-refractivity contribution in [1.82, 2.24) is 5.48 Å². The lowest BCUT2D eigenvalue weighted by molar-refractivity contribution is 0.119. The Morgan fingerprint density at radius 1 is 0.947 bits per heavy atom. The van der Waals surface area contributed by atoms with Crippen LogP contribution in [0.2, 0.25) is 5.02 Å². The smallest absolute Gasteiger partial charge is 0.165 e. The second kappa shape index (κ2) is 5.64. The van der Waals surface area contributed by atoms with E-state index >= 15 is 0 Å². The molecule has 0 saturated heterocycles. The third-order valence-electron chi connectivity index (χ3n) is 2.51. The summed E-state index contributed by atoms with van der Waals surface area (Å²) in [5.41, 5.74) is 5.05. The van der Waals surface area contributed by atoms with Crippen molar-refractivity contribution in [2.75, 3.05) is 0 Å². The molecule has 0 aliphatic carbocycles. The Kier molecular flexibility index (Phi) is 4.13. The van der Waals surface area contributed by atoms with Crippen LogP contribution in [0, 0.1) is 0 Å². The van der Waals surface area contributed by atoms with Gasteiger partial charge in [0.05, 0.1) is 5.02 Å². The van der Waals surface area contributed by atoms with Crippen molar-refractivity contribution >= 4 is 11.6 Å². The summed E-state index contributed by atoms with van der Waals surface area (Å²) in [5, 5.41) is 0.595. The fraction of sp³-hybridized carbons (Fsp3) is 0.250. The molecule has 0 fully saturated rings. The van der Waals surface area contributed by atoms with E-state index in [0.29, 0.717) is 10.8 Å². The molecular formula is C16H18ClNO. The van der Waals surface area contributed by atoms with E-state index in [1.54, 1.807) is 0 Å². The lowest BCUT2D eigenvalue weighted by Crippen LogP contribution is -2.38. The first-order valence-corrected chi connectivity index (χ1v) is 6.62. The number of hydroxylamine groups is 1. The van der Waals surface area contributed by atoms with E-state index in [4.69, 9.17) is 16.4 Å². The van der Waals surface area contributed by atoms with Gasteiger partial charge in [0.15, 0.2) is 5.75 Å². The summed E-state index contributed by atoms with van der Waals surface area (Å²) in [6.07, 6.45) is 0. The summed E-state index contributed by atoms with van der Waals surface area (Å²) < 4.78 is 0. The van der Waals surface area contributed by atoms with Crippen LogP contribution in [-0.2, 0) is 0 Å².